The number of H-pyrrole nitrogens is 1. The van der Waals surface area contributed by atoms with E-state index in [1.807, 2.05) is 49.4 Å². The van der Waals surface area contributed by atoms with Crippen LogP contribution < -0.4 is 10.6 Å². The first-order valence-electron chi connectivity index (χ1n) is 13.3. The number of aromatic nitrogens is 2. The number of nitrogens with one attached hydrogen (secondary N) is 3. The smallest absolute Gasteiger partial charge is 0.407 e. The molecule has 0 radical (unpaired) electrons. The Labute approximate surface area is 242 Å². The van der Waals surface area contributed by atoms with E-state index in [0.29, 0.717) is 52.6 Å². The maximum Gasteiger partial charge on any atom is 0.407 e. The summed E-state index contributed by atoms with van der Waals surface area (Å²) in [5, 5.41) is 6.33. The zero-order valence-corrected chi connectivity index (χ0v) is 23.3. The number of imidazole rings is 1. The highest BCUT2D eigenvalue weighted by Gasteiger charge is 2.22. The second-order valence-electron chi connectivity index (χ2n) is 9.80. The highest BCUT2D eigenvalue weighted by atomic mass is 35.5. The number of benzene rings is 3. The highest BCUT2D eigenvalue weighted by molar-refractivity contribution is 6.31. The van der Waals surface area contributed by atoms with Crippen molar-refractivity contribution in [2.24, 2.45) is 0 Å². The van der Waals surface area contributed by atoms with Crippen molar-refractivity contribution in [3.8, 4) is 0 Å². The molecule has 41 heavy (non-hydrogen) atoms. The van der Waals surface area contributed by atoms with Crippen LogP contribution in [0, 0.1) is 6.92 Å². The number of alkyl carbamates (subject to hydrolysis) is 1. The number of hydrogen-bond donors (Lipinski definition) is 3. The van der Waals surface area contributed by atoms with Gasteiger partial charge in [0.2, 0.25) is 0 Å². The number of nitrogens with zero attached hydrogens (tertiary/aromatic N) is 2. The van der Waals surface area contributed by atoms with Gasteiger partial charge in [0, 0.05) is 35.8 Å². The topological polar surface area (TPSA) is 116 Å². The van der Waals surface area contributed by atoms with Crippen molar-refractivity contribution >= 4 is 40.5 Å². The third-order valence-electron chi connectivity index (χ3n) is 6.84. The zero-order valence-electron chi connectivity index (χ0n) is 22.5. The summed E-state index contributed by atoms with van der Waals surface area (Å²) in [6.07, 6.45) is 3.70. The van der Waals surface area contributed by atoms with Gasteiger partial charge in [-0.25, -0.2) is 9.78 Å². The van der Waals surface area contributed by atoms with Crippen LogP contribution >= 0.6 is 11.6 Å². The summed E-state index contributed by atoms with van der Waals surface area (Å²) >= 11 is 6.15. The normalized spacial score (nSPS) is 13.3. The van der Waals surface area contributed by atoms with Gasteiger partial charge in [-0.05, 0) is 60.9 Å². The Morgan fingerprint density at radius 1 is 1.05 bits per heavy atom. The third-order valence-corrected chi connectivity index (χ3v) is 7.07. The molecule has 0 unspecified atom stereocenters. The van der Waals surface area contributed by atoms with E-state index in [1.54, 1.807) is 41.3 Å². The summed E-state index contributed by atoms with van der Waals surface area (Å²) in [6, 6.07) is 19.2. The summed E-state index contributed by atoms with van der Waals surface area (Å²) in [6.45, 7) is 3.37. The molecular formula is C31H30ClN5O4. The molecule has 2 heterocycles. The first-order valence-corrected chi connectivity index (χ1v) is 13.7. The van der Waals surface area contributed by atoms with Gasteiger partial charge >= 0.3 is 6.09 Å². The molecular weight excluding hydrogens is 542 g/mol. The molecule has 3 amide bonds. The number of hydrogen-bond acceptors (Lipinski definition) is 5. The third kappa shape index (κ3) is 6.93. The second-order valence-corrected chi connectivity index (χ2v) is 10.2. The van der Waals surface area contributed by atoms with Crippen LogP contribution in [0.15, 0.2) is 78.9 Å². The molecule has 5 rings (SSSR count). The van der Waals surface area contributed by atoms with Crippen LogP contribution in [0.25, 0.3) is 11.0 Å². The standard InChI is InChI=1S/C31H30ClN5O4/c1-20-17-22(9-11-24(20)30(39)37-15-5-6-16-37)29(38)36-26(28-34-25-12-10-23(32)18-27(25)35-28)13-14-33-31(40)41-19-21-7-3-2-4-8-21/h2-12,17-18,26H,13-16,19H2,1H3,(H,33,40)(H,34,35)(H,36,38)/t26-/m0/s1. The molecule has 9 nitrogen and oxygen atoms in total. The van der Waals surface area contributed by atoms with Crippen molar-refractivity contribution in [1.29, 1.82) is 0 Å². The molecule has 210 valence electrons. The Hall–Kier alpha value is -4.63. The molecule has 0 fully saturated rings. The molecule has 1 aliphatic rings. The number of amides is 3. The summed E-state index contributed by atoms with van der Waals surface area (Å²) < 4.78 is 5.30. The molecule has 0 aliphatic carbocycles. The predicted octanol–water partition coefficient (Wildman–Crippen LogP) is 5.32. The van der Waals surface area contributed by atoms with Crippen LogP contribution in [-0.4, -0.2) is 52.4 Å². The van der Waals surface area contributed by atoms with Gasteiger partial charge in [0.05, 0.1) is 17.1 Å². The lowest BCUT2D eigenvalue weighted by atomic mass is 10.0. The number of carbonyl (C=O) groups excluding carboxylic acids is 3. The van der Waals surface area contributed by atoms with E-state index in [4.69, 9.17) is 16.3 Å². The van der Waals surface area contributed by atoms with Crippen LogP contribution in [0.3, 0.4) is 0 Å². The number of ether oxygens (including phenoxy) is 1. The molecule has 1 atom stereocenters. The number of aromatic amines is 1. The Balaban J connectivity index is 1.27. The average molecular weight is 572 g/mol. The zero-order chi connectivity index (χ0) is 28.8. The minimum absolute atomic E-state index is 0.0662. The van der Waals surface area contributed by atoms with Gasteiger partial charge in [-0.2, -0.15) is 0 Å². The summed E-state index contributed by atoms with van der Waals surface area (Å²) in [4.78, 5) is 48.1. The highest BCUT2D eigenvalue weighted by Crippen LogP contribution is 2.23. The van der Waals surface area contributed by atoms with Gasteiger partial charge in [0.15, 0.2) is 0 Å². The molecule has 0 bridgehead atoms. The molecule has 0 saturated heterocycles. The van der Waals surface area contributed by atoms with E-state index >= 15 is 0 Å². The van der Waals surface area contributed by atoms with Crippen LogP contribution in [0.1, 0.15) is 50.1 Å². The Morgan fingerprint density at radius 3 is 2.59 bits per heavy atom. The Bertz CT molecular complexity index is 1590. The number of fused-ring (bicyclic) bond motifs is 1. The lowest BCUT2D eigenvalue weighted by molar-refractivity contribution is 0.0798. The number of carbonyl (C=O) groups is 3. The van der Waals surface area contributed by atoms with E-state index in [1.165, 1.54) is 0 Å². The second kappa shape index (κ2) is 12.7. The predicted molar refractivity (Wildman–Crippen MR) is 157 cm³/mol. The van der Waals surface area contributed by atoms with Crippen LogP contribution in [0.2, 0.25) is 5.02 Å². The molecule has 1 aliphatic heterocycles. The quantitative estimate of drug-likeness (QED) is 0.235. The van der Waals surface area contributed by atoms with E-state index in [9.17, 15) is 14.4 Å². The average Bonchev–Trinajstić information content (AvgIpc) is 3.66. The van der Waals surface area contributed by atoms with Crippen molar-refractivity contribution in [3.05, 3.63) is 112 Å². The van der Waals surface area contributed by atoms with E-state index in [2.05, 4.69) is 20.6 Å². The van der Waals surface area contributed by atoms with E-state index in [0.717, 1.165) is 11.1 Å². The molecule has 0 saturated carbocycles. The van der Waals surface area contributed by atoms with Gasteiger partial charge in [-0.3, -0.25) is 9.59 Å². The molecule has 10 heteroatoms. The Kier molecular flexibility index (Phi) is 8.64. The fourth-order valence-electron chi connectivity index (χ4n) is 4.64. The van der Waals surface area contributed by atoms with E-state index in [-0.39, 0.29) is 25.0 Å². The van der Waals surface area contributed by atoms with Crippen molar-refractivity contribution < 1.29 is 19.1 Å². The van der Waals surface area contributed by atoms with Gasteiger partial charge in [0.1, 0.15) is 12.4 Å². The maximum atomic E-state index is 13.4. The summed E-state index contributed by atoms with van der Waals surface area (Å²) in [5.41, 5.74) is 4.01. The lowest BCUT2D eigenvalue weighted by Gasteiger charge is -2.19. The Morgan fingerprint density at radius 2 is 1.83 bits per heavy atom. The fourth-order valence-corrected chi connectivity index (χ4v) is 4.81. The molecule has 1 aromatic heterocycles. The van der Waals surface area contributed by atoms with Gasteiger partial charge in [-0.1, -0.05) is 54.1 Å². The lowest BCUT2D eigenvalue weighted by Crippen LogP contribution is -2.33. The molecule has 3 aromatic carbocycles. The van der Waals surface area contributed by atoms with Crippen molar-refractivity contribution in [1.82, 2.24) is 25.5 Å². The first kappa shape index (κ1) is 27.9. The number of rotatable bonds is 9. The maximum absolute atomic E-state index is 13.4. The summed E-state index contributed by atoms with van der Waals surface area (Å²) in [5.74, 6) is 0.133. The molecule has 0 spiro atoms. The van der Waals surface area contributed by atoms with Gasteiger partial charge < -0.3 is 25.3 Å². The van der Waals surface area contributed by atoms with Crippen LogP contribution in [0.5, 0.6) is 0 Å². The minimum Gasteiger partial charge on any atom is -0.445 e. The number of halogens is 1. The van der Waals surface area contributed by atoms with Crippen molar-refractivity contribution in [2.45, 2.75) is 26.0 Å². The number of aryl methyl sites for hydroxylation is 1. The largest absolute Gasteiger partial charge is 0.445 e. The fraction of sp³-hybridized carbons (Fsp3) is 0.226. The minimum atomic E-state index is -0.556. The monoisotopic (exact) mass is 571 g/mol. The first-order chi connectivity index (χ1) is 19.9. The SMILES string of the molecule is Cc1cc(C(=O)N[C@@H](CCNC(=O)OCc2ccccc2)c2nc3ccc(Cl)cc3[nH]2)ccc1C(=O)N1CC=CC1. The molecule has 3 N–H and O–H groups in total. The van der Waals surface area contributed by atoms with Crippen molar-refractivity contribution in [2.75, 3.05) is 19.6 Å². The van der Waals surface area contributed by atoms with Crippen molar-refractivity contribution in [3.63, 3.8) is 0 Å². The van der Waals surface area contributed by atoms with Gasteiger partial charge in [-0.15, -0.1) is 0 Å². The summed E-state index contributed by atoms with van der Waals surface area (Å²) in [7, 11) is 0. The van der Waals surface area contributed by atoms with Gasteiger partial charge in [0.25, 0.3) is 11.8 Å². The molecule has 4 aromatic rings. The van der Waals surface area contributed by atoms with Crippen LogP contribution in [0.4, 0.5) is 4.79 Å². The van der Waals surface area contributed by atoms with Crippen LogP contribution in [-0.2, 0) is 11.3 Å². The van der Waals surface area contributed by atoms with E-state index < -0.39 is 12.1 Å².